The van der Waals surface area contributed by atoms with Gasteiger partial charge in [0.2, 0.25) is 0 Å². The van der Waals surface area contributed by atoms with Crippen LogP contribution in [0.3, 0.4) is 0 Å². The highest BCUT2D eigenvalue weighted by Gasteiger charge is 2.02. The Morgan fingerprint density at radius 2 is 2.10 bits per heavy atom. The molecule has 0 aliphatic rings. The highest BCUT2D eigenvalue weighted by molar-refractivity contribution is 5.73. The normalized spacial score (nSPS) is 10.9. The number of hydrogen-bond donors (Lipinski definition) is 1. The number of hydrogen-bond acceptors (Lipinski definition) is 3. The first-order chi connectivity index (χ1) is 4.57. The van der Waals surface area contributed by atoms with Crippen LogP contribution in [0.4, 0.5) is 0 Å². The molecule has 0 aromatic carbocycles. The largest absolute Gasteiger partial charge is 0.429 e. The maximum absolute atomic E-state index is 8.33. The predicted octanol–water partition coefficient (Wildman–Crippen LogP) is 0.843. The van der Waals surface area contributed by atoms with Crippen molar-refractivity contribution >= 4 is 6.02 Å². The van der Waals surface area contributed by atoms with E-state index in [1.165, 1.54) is 4.90 Å². The quantitative estimate of drug-likeness (QED) is 0.195. The standard InChI is InChI=1S/C6H12N2O2/c1-5(2)10-6(7-9)8(3)4/h9H,1H2,2-4H3/b7-6+. The summed E-state index contributed by atoms with van der Waals surface area (Å²) in [6.45, 7) is 5.16. The summed E-state index contributed by atoms with van der Waals surface area (Å²) in [4.78, 5) is 1.54. The lowest BCUT2D eigenvalue weighted by Crippen LogP contribution is -2.24. The van der Waals surface area contributed by atoms with Crippen molar-refractivity contribution in [1.29, 1.82) is 0 Å². The third kappa shape index (κ3) is 2.96. The van der Waals surface area contributed by atoms with E-state index in [0.717, 1.165) is 0 Å². The second kappa shape index (κ2) is 3.76. The van der Waals surface area contributed by atoms with Gasteiger partial charge in [-0.3, -0.25) is 0 Å². The van der Waals surface area contributed by atoms with Gasteiger partial charge < -0.3 is 14.8 Å². The maximum Gasteiger partial charge on any atom is 0.331 e. The fraction of sp³-hybridized carbons (Fsp3) is 0.500. The topological polar surface area (TPSA) is 45.1 Å². The minimum absolute atomic E-state index is 0.132. The highest BCUT2D eigenvalue weighted by atomic mass is 16.5. The molecule has 0 saturated heterocycles. The molecule has 0 unspecified atom stereocenters. The van der Waals surface area contributed by atoms with E-state index in [-0.39, 0.29) is 6.02 Å². The molecule has 0 heterocycles. The van der Waals surface area contributed by atoms with Gasteiger partial charge in [-0.2, -0.15) is 0 Å². The van der Waals surface area contributed by atoms with Gasteiger partial charge in [0.05, 0.1) is 5.76 Å². The van der Waals surface area contributed by atoms with Gasteiger partial charge in [0, 0.05) is 14.1 Å². The molecule has 0 rings (SSSR count). The number of amidine groups is 1. The number of nitrogens with zero attached hydrogens (tertiary/aromatic N) is 2. The molecule has 10 heavy (non-hydrogen) atoms. The zero-order chi connectivity index (χ0) is 8.15. The number of ether oxygens (including phenoxy) is 1. The molecule has 0 aromatic rings. The molecular weight excluding hydrogens is 132 g/mol. The Morgan fingerprint density at radius 3 is 2.20 bits per heavy atom. The molecule has 1 N–H and O–H groups in total. The Bertz CT molecular complexity index is 152. The lowest BCUT2D eigenvalue weighted by atomic mass is 10.7. The molecule has 0 atom stereocenters. The summed E-state index contributed by atoms with van der Waals surface area (Å²) in [5, 5.41) is 11.2. The molecule has 0 bridgehead atoms. The van der Waals surface area contributed by atoms with E-state index in [9.17, 15) is 0 Å². The summed E-state index contributed by atoms with van der Waals surface area (Å²) < 4.78 is 4.89. The molecule has 0 fully saturated rings. The fourth-order valence-electron chi connectivity index (χ4n) is 0.357. The minimum Gasteiger partial charge on any atom is -0.429 e. The van der Waals surface area contributed by atoms with Crippen molar-refractivity contribution < 1.29 is 9.94 Å². The number of rotatable bonds is 1. The van der Waals surface area contributed by atoms with Gasteiger partial charge in [-0.05, 0) is 12.1 Å². The third-order valence-corrected chi connectivity index (χ3v) is 0.734. The first kappa shape index (κ1) is 8.81. The van der Waals surface area contributed by atoms with Crippen LogP contribution in [0.25, 0.3) is 0 Å². The zero-order valence-corrected chi connectivity index (χ0v) is 6.46. The van der Waals surface area contributed by atoms with Crippen LogP contribution < -0.4 is 0 Å². The summed E-state index contributed by atoms with van der Waals surface area (Å²) in [5.41, 5.74) is 0. The Balaban J connectivity index is 3.99. The van der Waals surface area contributed by atoms with Crippen molar-refractivity contribution in [3.63, 3.8) is 0 Å². The lowest BCUT2D eigenvalue weighted by Gasteiger charge is -2.13. The molecule has 0 amide bonds. The van der Waals surface area contributed by atoms with Gasteiger partial charge in [0.15, 0.2) is 0 Å². The molecule has 0 radical (unpaired) electrons. The van der Waals surface area contributed by atoms with Gasteiger partial charge >= 0.3 is 6.02 Å². The lowest BCUT2D eigenvalue weighted by molar-refractivity contribution is 0.259. The monoisotopic (exact) mass is 144 g/mol. The first-order valence-corrected chi connectivity index (χ1v) is 2.80. The van der Waals surface area contributed by atoms with Gasteiger partial charge in [-0.1, -0.05) is 6.58 Å². The van der Waals surface area contributed by atoms with Crippen LogP contribution in [0.1, 0.15) is 6.92 Å². The molecule has 4 nitrogen and oxygen atoms in total. The van der Waals surface area contributed by atoms with Crippen LogP contribution in [-0.2, 0) is 4.74 Å². The maximum atomic E-state index is 8.33. The fourth-order valence-corrected chi connectivity index (χ4v) is 0.357. The predicted molar refractivity (Wildman–Crippen MR) is 38.8 cm³/mol. The van der Waals surface area contributed by atoms with Gasteiger partial charge in [0.1, 0.15) is 0 Å². The van der Waals surface area contributed by atoms with Gasteiger partial charge in [-0.15, -0.1) is 0 Å². The van der Waals surface area contributed by atoms with Crippen molar-refractivity contribution in [2.24, 2.45) is 5.16 Å². The van der Waals surface area contributed by atoms with Gasteiger partial charge in [-0.25, -0.2) is 0 Å². The molecular formula is C6H12N2O2. The Morgan fingerprint density at radius 1 is 1.60 bits per heavy atom. The summed E-state index contributed by atoms with van der Waals surface area (Å²) in [6, 6.07) is 0.132. The van der Waals surface area contributed by atoms with E-state index in [1.54, 1.807) is 21.0 Å². The van der Waals surface area contributed by atoms with Gasteiger partial charge in [0.25, 0.3) is 0 Å². The van der Waals surface area contributed by atoms with E-state index in [0.29, 0.717) is 5.76 Å². The molecule has 0 saturated carbocycles. The molecule has 0 aliphatic heterocycles. The second-order valence-electron chi connectivity index (χ2n) is 2.08. The van der Waals surface area contributed by atoms with Crippen LogP contribution in [0, 0.1) is 0 Å². The summed E-state index contributed by atoms with van der Waals surface area (Å²) in [5.74, 6) is 0.488. The molecule has 0 aromatic heterocycles. The van der Waals surface area contributed by atoms with E-state index in [1.807, 2.05) is 0 Å². The molecule has 0 spiro atoms. The van der Waals surface area contributed by atoms with E-state index in [2.05, 4.69) is 11.7 Å². The van der Waals surface area contributed by atoms with Crippen LogP contribution in [-0.4, -0.2) is 30.2 Å². The van der Waals surface area contributed by atoms with Crippen molar-refractivity contribution in [3.8, 4) is 0 Å². The van der Waals surface area contributed by atoms with Crippen molar-refractivity contribution in [2.75, 3.05) is 14.1 Å². The smallest absolute Gasteiger partial charge is 0.331 e. The SMILES string of the molecule is C=C(C)O/C(=N/O)N(C)C. The van der Waals surface area contributed by atoms with Crippen LogP contribution >= 0.6 is 0 Å². The minimum atomic E-state index is 0.132. The van der Waals surface area contributed by atoms with Crippen LogP contribution in [0.5, 0.6) is 0 Å². The summed E-state index contributed by atoms with van der Waals surface area (Å²) >= 11 is 0. The van der Waals surface area contributed by atoms with Crippen molar-refractivity contribution in [1.82, 2.24) is 4.90 Å². The zero-order valence-electron chi connectivity index (χ0n) is 6.46. The van der Waals surface area contributed by atoms with E-state index < -0.39 is 0 Å². The Hall–Kier alpha value is -1.19. The average Bonchev–Trinajstić information content (AvgIpc) is 1.81. The molecule has 4 heteroatoms. The summed E-state index contributed by atoms with van der Waals surface area (Å²) in [7, 11) is 3.41. The van der Waals surface area contributed by atoms with Crippen molar-refractivity contribution in [3.05, 3.63) is 12.3 Å². The van der Waals surface area contributed by atoms with Crippen LogP contribution in [0.2, 0.25) is 0 Å². The first-order valence-electron chi connectivity index (χ1n) is 2.80. The van der Waals surface area contributed by atoms with E-state index >= 15 is 0 Å². The van der Waals surface area contributed by atoms with E-state index in [4.69, 9.17) is 9.94 Å². The Labute approximate surface area is 60.4 Å². The Kier molecular flexibility index (Phi) is 3.32. The molecule has 0 aliphatic carbocycles. The average molecular weight is 144 g/mol. The number of oxime groups is 1. The number of allylic oxidation sites excluding steroid dienone is 1. The summed E-state index contributed by atoms with van der Waals surface area (Å²) in [6.07, 6.45) is 0. The van der Waals surface area contributed by atoms with Crippen molar-refractivity contribution in [2.45, 2.75) is 6.92 Å². The second-order valence-corrected chi connectivity index (χ2v) is 2.08. The molecule has 58 valence electrons. The third-order valence-electron chi connectivity index (χ3n) is 0.734. The highest BCUT2D eigenvalue weighted by Crippen LogP contribution is 1.94. The van der Waals surface area contributed by atoms with Crippen LogP contribution in [0.15, 0.2) is 17.5 Å².